The second kappa shape index (κ2) is 4.98. The lowest BCUT2D eigenvalue weighted by molar-refractivity contribution is 0.00766. The van der Waals surface area contributed by atoms with E-state index in [1.807, 2.05) is 0 Å². The molecule has 20 heavy (non-hydrogen) atoms. The molecule has 3 nitrogen and oxygen atoms in total. The zero-order valence-electron chi connectivity index (χ0n) is 11.7. The Labute approximate surface area is 119 Å². The van der Waals surface area contributed by atoms with Gasteiger partial charge in [0.2, 0.25) is 0 Å². The summed E-state index contributed by atoms with van der Waals surface area (Å²) in [6, 6.07) is 12.7. The minimum absolute atomic E-state index is 0.0638. The summed E-state index contributed by atoms with van der Waals surface area (Å²) in [7, 11) is 0. The Morgan fingerprint density at radius 2 is 1.80 bits per heavy atom. The molecule has 0 aliphatic carbocycles. The topological polar surface area (TPSA) is 17.4 Å². The molecule has 1 saturated heterocycles. The van der Waals surface area contributed by atoms with Crippen LogP contribution < -0.4 is 4.74 Å². The number of rotatable bonds is 1. The minimum atomic E-state index is 0.0638. The number of benzene rings is 1. The molecule has 1 fully saturated rings. The molecular weight excluding hydrogens is 248 g/mol. The molecule has 4 rings (SSSR count). The van der Waals surface area contributed by atoms with Gasteiger partial charge in [-0.3, -0.25) is 4.90 Å². The third-order valence-corrected chi connectivity index (χ3v) is 4.39. The Hall–Kier alpha value is -1.74. The molecule has 3 heterocycles. The van der Waals surface area contributed by atoms with Gasteiger partial charge in [-0.05, 0) is 31.0 Å². The fraction of sp³-hybridized carbons (Fsp3) is 0.412. The van der Waals surface area contributed by atoms with Gasteiger partial charge in [0.25, 0.3) is 0 Å². The van der Waals surface area contributed by atoms with Gasteiger partial charge in [0.05, 0.1) is 12.2 Å². The summed E-state index contributed by atoms with van der Waals surface area (Å²) in [6.45, 7) is 3.18. The maximum Gasteiger partial charge on any atom is 0.193 e. The van der Waals surface area contributed by atoms with Gasteiger partial charge in [-0.25, -0.2) is 0 Å². The van der Waals surface area contributed by atoms with Crippen LogP contribution in [0.4, 0.5) is 0 Å². The third-order valence-electron chi connectivity index (χ3n) is 4.39. The van der Waals surface area contributed by atoms with Crippen LogP contribution in [0.5, 0.6) is 5.75 Å². The number of hydrogen-bond donors (Lipinski definition) is 0. The van der Waals surface area contributed by atoms with Crippen LogP contribution in [0.2, 0.25) is 0 Å². The molecule has 1 unspecified atom stereocenters. The van der Waals surface area contributed by atoms with E-state index < -0.39 is 0 Å². The lowest BCUT2D eigenvalue weighted by Gasteiger charge is -2.34. The molecule has 1 aromatic carbocycles. The van der Waals surface area contributed by atoms with Crippen molar-refractivity contribution in [3.8, 4) is 5.75 Å². The molecule has 0 bridgehead atoms. The fourth-order valence-corrected chi connectivity index (χ4v) is 3.32. The van der Waals surface area contributed by atoms with E-state index in [2.05, 4.69) is 52.1 Å². The second-order valence-electron chi connectivity index (χ2n) is 5.74. The summed E-state index contributed by atoms with van der Waals surface area (Å²) in [5.74, 6) is 1.03. The van der Waals surface area contributed by atoms with E-state index in [1.54, 1.807) is 0 Å². The lowest BCUT2D eigenvalue weighted by atomic mass is 10.1. The van der Waals surface area contributed by atoms with Crippen molar-refractivity contribution in [2.45, 2.75) is 32.0 Å². The number of hydrogen-bond acceptors (Lipinski definition) is 2. The first-order valence-corrected chi connectivity index (χ1v) is 7.55. The first-order chi connectivity index (χ1) is 9.92. The van der Waals surface area contributed by atoms with Crippen molar-refractivity contribution in [2.24, 2.45) is 0 Å². The minimum Gasteiger partial charge on any atom is -0.469 e. The zero-order valence-corrected chi connectivity index (χ0v) is 11.7. The molecule has 0 radical (unpaired) electrons. The van der Waals surface area contributed by atoms with E-state index in [0.29, 0.717) is 0 Å². The highest BCUT2D eigenvalue weighted by Gasteiger charge is 2.29. The summed E-state index contributed by atoms with van der Waals surface area (Å²) < 4.78 is 8.71. The van der Waals surface area contributed by atoms with Crippen molar-refractivity contribution in [3.63, 3.8) is 0 Å². The highest BCUT2D eigenvalue weighted by molar-refractivity contribution is 5.36. The van der Waals surface area contributed by atoms with Crippen molar-refractivity contribution in [1.82, 2.24) is 9.47 Å². The molecule has 3 heteroatoms. The highest BCUT2D eigenvalue weighted by Crippen LogP contribution is 2.34. The molecule has 0 amide bonds. The second-order valence-corrected chi connectivity index (χ2v) is 5.74. The number of fused-ring (bicyclic) bond motifs is 2. The van der Waals surface area contributed by atoms with Crippen molar-refractivity contribution >= 4 is 0 Å². The first-order valence-electron chi connectivity index (χ1n) is 7.55. The third kappa shape index (κ3) is 2.02. The predicted octanol–water partition coefficient (Wildman–Crippen LogP) is 3.41. The Morgan fingerprint density at radius 1 is 0.950 bits per heavy atom. The van der Waals surface area contributed by atoms with Gasteiger partial charge in [-0.1, -0.05) is 24.6 Å². The standard InChI is InChI=1S/C17H20N2O/c1-4-10-18(11-5-1)17-15-8-6-12-19(15)13-14-7-2-3-9-16(14)20-17/h2-3,6-9,12,17H,1,4-5,10-11,13H2. The van der Waals surface area contributed by atoms with Crippen molar-refractivity contribution in [1.29, 1.82) is 0 Å². The van der Waals surface area contributed by atoms with Crippen LogP contribution in [0.15, 0.2) is 42.6 Å². The normalized spacial score (nSPS) is 22.5. The van der Waals surface area contributed by atoms with Crippen LogP contribution in [0.1, 0.15) is 36.7 Å². The summed E-state index contributed by atoms with van der Waals surface area (Å²) in [5.41, 5.74) is 2.55. The molecule has 1 aromatic heterocycles. The number of para-hydroxylation sites is 1. The van der Waals surface area contributed by atoms with E-state index in [0.717, 1.165) is 25.4 Å². The summed E-state index contributed by atoms with van der Waals surface area (Å²) in [5, 5.41) is 0. The van der Waals surface area contributed by atoms with Gasteiger partial charge in [-0.15, -0.1) is 0 Å². The average Bonchev–Trinajstić information content (AvgIpc) is 2.89. The average molecular weight is 268 g/mol. The van der Waals surface area contributed by atoms with Crippen molar-refractivity contribution in [2.75, 3.05) is 13.1 Å². The summed E-state index contributed by atoms with van der Waals surface area (Å²) in [6.07, 6.45) is 6.14. The van der Waals surface area contributed by atoms with Gasteiger partial charge >= 0.3 is 0 Å². The van der Waals surface area contributed by atoms with E-state index in [-0.39, 0.29) is 6.23 Å². The summed E-state index contributed by atoms with van der Waals surface area (Å²) >= 11 is 0. The Kier molecular flexibility index (Phi) is 3.00. The van der Waals surface area contributed by atoms with Crippen LogP contribution in [-0.2, 0) is 6.54 Å². The number of likely N-dealkylation sites (tertiary alicyclic amines) is 1. The molecule has 2 aromatic rings. The van der Waals surface area contributed by atoms with Gasteiger partial charge in [0.1, 0.15) is 5.75 Å². The molecule has 0 spiro atoms. The molecule has 0 N–H and O–H groups in total. The Morgan fingerprint density at radius 3 is 2.70 bits per heavy atom. The van der Waals surface area contributed by atoms with Crippen LogP contribution in [0, 0.1) is 0 Å². The van der Waals surface area contributed by atoms with Gasteiger partial charge in [-0.2, -0.15) is 0 Å². The number of nitrogens with zero attached hydrogens (tertiary/aromatic N) is 2. The SMILES string of the molecule is c1ccc2c(c1)Cn1cccc1C(N1CCCCC1)O2. The number of aromatic nitrogens is 1. The quantitative estimate of drug-likeness (QED) is 0.788. The van der Waals surface area contributed by atoms with E-state index in [9.17, 15) is 0 Å². The van der Waals surface area contributed by atoms with E-state index in [1.165, 1.54) is 30.5 Å². The van der Waals surface area contributed by atoms with Crippen LogP contribution in [-0.4, -0.2) is 22.6 Å². The lowest BCUT2D eigenvalue weighted by Crippen LogP contribution is -2.37. The molecule has 0 saturated carbocycles. The molecule has 2 aliphatic heterocycles. The largest absolute Gasteiger partial charge is 0.469 e. The number of ether oxygens (including phenoxy) is 1. The smallest absolute Gasteiger partial charge is 0.193 e. The maximum absolute atomic E-state index is 6.39. The highest BCUT2D eigenvalue weighted by atomic mass is 16.5. The summed E-state index contributed by atoms with van der Waals surface area (Å²) in [4.78, 5) is 2.48. The monoisotopic (exact) mass is 268 g/mol. The molecule has 1 atom stereocenters. The van der Waals surface area contributed by atoms with Gasteiger partial charge < -0.3 is 9.30 Å². The predicted molar refractivity (Wildman–Crippen MR) is 78.8 cm³/mol. The maximum atomic E-state index is 6.39. The zero-order chi connectivity index (χ0) is 13.4. The van der Waals surface area contributed by atoms with E-state index in [4.69, 9.17) is 4.74 Å². The van der Waals surface area contributed by atoms with Crippen LogP contribution in [0.25, 0.3) is 0 Å². The fourth-order valence-electron chi connectivity index (χ4n) is 3.32. The van der Waals surface area contributed by atoms with Crippen LogP contribution in [0.3, 0.4) is 0 Å². The Balaban J connectivity index is 1.75. The van der Waals surface area contributed by atoms with Crippen molar-refractivity contribution < 1.29 is 4.74 Å². The molecule has 104 valence electrons. The molecule has 2 aliphatic rings. The van der Waals surface area contributed by atoms with Gasteiger partial charge in [0.15, 0.2) is 6.23 Å². The first kappa shape index (κ1) is 12.0. The molecular formula is C17H20N2O. The van der Waals surface area contributed by atoms with Gasteiger partial charge in [0, 0.05) is 24.8 Å². The van der Waals surface area contributed by atoms with E-state index >= 15 is 0 Å². The van der Waals surface area contributed by atoms with Crippen LogP contribution >= 0.6 is 0 Å². The Bertz CT molecular complexity index is 599. The number of piperidine rings is 1. The van der Waals surface area contributed by atoms with Crippen molar-refractivity contribution in [3.05, 3.63) is 53.9 Å².